The highest BCUT2D eigenvalue weighted by Crippen LogP contribution is 2.21. The Hall–Kier alpha value is -1.32. The Balaban J connectivity index is 2.68. The molecule has 0 radical (unpaired) electrons. The number of hydrogen-bond acceptors (Lipinski definition) is 4. The van der Waals surface area contributed by atoms with Crippen molar-refractivity contribution in [1.29, 1.82) is 0 Å². The topological polar surface area (TPSA) is 47.0 Å². The largest absolute Gasteiger partial charge is 0.481 e. The molecule has 17 heavy (non-hydrogen) atoms. The molecule has 0 bridgehead atoms. The van der Waals surface area contributed by atoms with Crippen LogP contribution < -0.4 is 10.1 Å². The van der Waals surface area contributed by atoms with E-state index in [1.54, 1.807) is 7.11 Å². The molecule has 0 aromatic carbocycles. The Morgan fingerprint density at radius 2 is 2.06 bits per heavy atom. The van der Waals surface area contributed by atoms with E-state index in [9.17, 15) is 0 Å². The van der Waals surface area contributed by atoms with Crippen LogP contribution in [0.3, 0.4) is 0 Å². The highest BCUT2D eigenvalue weighted by Gasteiger charge is 2.11. The molecule has 0 saturated carbocycles. The molecule has 1 aromatic heterocycles. The lowest BCUT2D eigenvalue weighted by Gasteiger charge is -2.19. The monoisotopic (exact) mass is 237 g/mol. The van der Waals surface area contributed by atoms with Crippen LogP contribution >= 0.6 is 0 Å². The molecule has 1 N–H and O–H groups in total. The molecule has 96 valence electrons. The van der Waals surface area contributed by atoms with Crippen LogP contribution in [-0.4, -0.2) is 23.1 Å². The Labute approximate surface area is 104 Å². The predicted octanol–water partition coefficient (Wildman–Crippen LogP) is 3.03. The average Bonchev–Trinajstić information content (AvgIpc) is 2.31. The van der Waals surface area contributed by atoms with Crippen LogP contribution in [0.4, 0.5) is 5.82 Å². The molecular formula is C13H23N3O. The predicted molar refractivity (Wildman–Crippen MR) is 70.5 cm³/mol. The maximum Gasteiger partial charge on any atom is 0.221 e. The maximum absolute atomic E-state index is 5.18. The van der Waals surface area contributed by atoms with Gasteiger partial charge in [-0.05, 0) is 26.2 Å². The van der Waals surface area contributed by atoms with Crippen LogP contribution in [0.1, 0.15) is 39.2 Å². The molecule has 0 aliphatic rings. The van der Waals surface area contributed by atoms with E-state index in [0.717, 1.165) is 23.7 Å². The average molecular weight is 237 g/mol. The van der Waals surface area contributed by atoms with Gasteiger partial charge in [-0.1, -0.05) is 20.3 Å². The Morgan fingerprint density at radius 3 is 2.65 bits per heavy atom. The number of nitrogens with one attached hydrogen (secondary N) is 1. The summed E-state index contributed by atoms with van der Waals surface area (Å²) in [6.07, 6.45) is 3.88. The third-order valence-electron chi connectivity index (χ3n) is 3.07. The van der Waals surface area contributed by atoms with Crippen molar-refractivity contribution in [2.45, 2.75) is 46.6 Å². The summed E-state index contributed by atoms with van der Waals surface area (Å²) in [4.78, 5) is 8.33. The van der Waals surface area contributed by atoms with E-state index in [-0.39, 0.29) is 0 Å². The van der Waals surface area contributed by atoms with Gasteiger partial charge in [-0.2, -0.15) is 0 Å². The first kappa shape index (κ1) is 13.7. The fraction of sp³-hybridized carbons (Fsp3) is 0.692. The smallest absolute Gasteiger partial charge is 0.221 e. The fourth-order valence-corrected chi connectivity index (χ4v) is 1.85. The number of rotatable bonds is 6. The van der Waals surface area contributed by atoms with Gasteiger partial charge >= 0.3 is 0 Å². The molecule has 0 fully saturated rings. The van der Waals surface area contributed by atoms with Gasteiger partial charge in [0.1, 0.15) is 12.1 Å². The van der Waals surface area contributed by atoms with Gasteiger partial charge in [-0.3, -0.25) is 0 Å². The summed E-state index contributed by atoms with van der Waals surface area (Å²) in [6, 6.07) is 0.406. The highest BCUT2D eigenvalue weighted by molar-refractivity contribution is 5.48. The van der Waals surface area contributed by atoms with Gasteiger partial charge in [0.05, 0.1) is 12.7 Å². The van der Waals surface area contributed by atoms with Crippen molar-refractivity contribution in [1.82, 2.24) is 9.97 Å². The lowest BCUT2D eigenvalue weighted by molar-refractivity contribution is 0.393. The van der Waals surface area contributed by atoms with Crippen molar-refractivity contribution in [3.8, 4) is 5.88 Å². The number of hydrogen-bond donors (Lipinski definition) is 1. The van der Waals surface area contributed by atoms with Crippen molar-refractivity contribution >= 4 is 5.82 Å². The summed E-state index contributed by atoms with van der Waals surface area (Å²) < 4.78 is 5.18. The minimum absolute atomic E-state index is 0.406. The summed E-state index contributed by atoms with van der Waals surface area (Å²) >= 11 is 0. The molecule has 2 unspecified atom stereocenters. The van der Waals surface area contributed by atoms with Crippen LogP contribution in [0.5, 0.6) is 5.88 Å². The second-order valence-electron chi connectivity index (χ2n) is 4.65. The number of methoxy groups -OCH3 is 1. The summed E-state index contributed by atoms with van der Waals surface area (Å²) in [7, 11) is 1.63. The van der Waals surface area contributed by atoms with Crippen LogP contribution in [0, 0.1) is 12.8 Å². The Morgan fingerprint density at radius 1 is 1.35 bits per heavy atom. The SMILES string of the molecule is CCC(C)CC(C)Nc1ncnc(OC)c1C. The van der Waals surface area contributed by atoms with Gasteiger partial charge in [-0.25, -0.2) is 9.97 Å². The zero-order valence-corrected chi connectivity index (χ0v) is 11.4. The lowest BCUT2D eigenvalue weighted by atomic mass is 10.0. The standard InChI is InChI=1S/C13H23N3O/c1-6-9(2)7-10(3)16-12-11(4)13(17-5)15-8-14-12/h8-10H,6-7H2,1-5H3,(H,14,15,16). The zero-order valence-electron chi connectivity index (χ0n) is 11.4. The molecule has 4 heteroatoms. The van der Waals surface area contributed by atoms with Crippen LogP contribution in [-0.2, 0) is 0 Å². The molecule has 1 rings (SSSR count). The summed E-state index contributed by atoms with van der Waals surface area (Å²) in [5, 5.41) is 3.42. The summed E-state index contributed by atoms with van der Waals surface area (Å²) in [5.74, 6) is 2.23. The second-order valence-corrected chi connectivity index (χ2v) is 4.65. The summed E-state index contributed by atoms with van der Waals surface area (Å²) in [6.45, 7) is 8.64. The fourth-order valence-electron chi connectivity index (χ4n) is 1.85. The van der Waals surface area contributed by atoms with Crippen molar-refractivity contribution in [3.63, 3.8) is 0 Å². The van der Waals surface area contributed by atoms with E-state index in [1.165, 1.54) is 12.7 Å². The first-order chi connectivity index (χ1) is 8.08. The molecule has 0 spiro atoms. The minimum Gasteiger partial charge on any atom is -0.481 e. The van der Waals surface area contributed by atoms with Gasteiger partial charge in [0.25, 0.3) is 0 Å². The van der Waals surface area contributed by atoms with E-state index in [4.69, 9.17) is 4.74 Å². The van der Waals surface area contributed by atoms with E-state index in [2.05, 4.69) is 36.1 Å². The molecule has 4 nitrogen and oxygen atoms in total. The minimum atomic E-state index is 0.406. The molecule has 1 heterocycles. The molecule has 1 aromatic rings. The van der Waals surface area contributed by atoms with Gasteiger partial charge < -0.3 is 10.1 Å². The number of aromatic nitrogens is 2. The maximum atomic E-state index is 5.18. The molecule has 0 amide bonds. The molecule has 0 saturated heterocycles. The van der Waals surface area contributed by atoms with E-state index >= 15 is 0 Å². The number of ether oxygens (including phenoxy) is 1. The van der Waals surface area contributed by atoms with Crippen LogP contribution in [0.2, 0.25) is 0 Å². The molecule has 0 aliphatic heterocycles. The third kappa shape index (κ3) is 3.88. The molecule has 0 aliphatic carbocycles. The number of anilines is 1. The van der Waals surface area contributed by atoms with Crippen molar-refractivity contribution in [2.24, 2.45) is 5.92 Å². The highest BCUT2D eigenvalue weighted by atomic mass is 16.5. The van der Waals surface area contributed by atoms with Gasteiger partial charge in [0.15, 0.2) is 0 Å². The van der Waals surface area contributed by atoms with Crippen LogP contribution in [0.15, 0.2) is 6.33 Å². The van der Waals surface area contributed by atoms with E-state index < -0.39 is 0 Å². The first-order valence-electron chi connectivity index (χ1n) is 6.20. The zero-order chi connectivity index (χ0) is 12.8. The van der Waals surface area contributed by atoms with E-state index in [1.807, 2.05) is 6.92 Å². The van der Waals surface area contributed by atoms with E-state index in [0.29, 0.717) is 11.9 Å². The van der Waals surface area contributed by atoms with Crippen molar-refractivity contribution in [2.75, 3.05) is 12.4 Å². The number of nitrogens with zero attached hydrogens (tertiary/aromatic N) is 2. The van der Waals surface area contributed by atoms with Gasteiger partial charge in [0.2, 0.25) is 5.88 Å². The molecular weight excluding hydrogens is 214 g/mol. The van der Waals surface area contributed by atoms with Gasteiger partial charge in [-0.15, -0.1) is 0 Å². The lowest BCUT2D eigenvalue weighted by Crippen LogP contribution is -2.19. The quantitative estimate of drug-likeness (QED) is 0.826. The Kier molecular flexibility index (Phi) is 5.19. The normalized spacial score (nSPS) is 14.2. The van der Waals surface area contributed by atoms with Crippen molar-refractivity contribution in [3.05, 3.63) is 11.9 Å². The second kappa shape index (κ2) is 6.42. The molecule has 2 atom stereocenters. The Bertz CT molecular complexity index is 355. The van der Waals surface area contributed by atoms with Crippen LogP contribution in [0.25, 0.3) is 0 Å². The summed E-state index contributed by atoms with van der Waals surface area (Å²) in [5.41, 5.74) is 0.964. The van der Waals surface area contributed by atoms with Crippen molar-refractivity contribution < 1.29 is 4.74 Å². The third-order valence-corrected chi connectivity index (χ3v) is 3.07. The first-order valence-corrected chi connectivity index (χ1v) is 6.20. The van der Waals surface area contributed by atoms with Gasteiger partial charge in [0, 0.05) is 6.04 Å².